The molecule has 1 aliphatic rings. The van der Waals surface area contributed by atoms with Gasteiger partial charge in [0.15, 0.2) is 0 Å². The van der Waals surface area contributed by atoms with Gasteiger partial charge in [-0.2, -0.15) is 0 Å². The Hall–Kier alpha value is -1.14. The lowest BCUT2D eigenvalue weighted by Gasteiger charge is -2.09. The molecule has 1 fully saturated rings. The summed E-state index contributed by atoms with van der Waals surface area (Å²) in [6.07, 6.45) is 1.06. The van der Waals surface area contributed by atoms with Crippen molar-refractivity contribution in [1.82, 2.24) is 4.72 Å². The quantitative estimate of drug-likeness (QED) is 0.840. The molecule has 1 atom stereocenters. The number of halogens is 1. The summed E-state index contributed by atoms with van der Waals surface area (Å²) in [5.74, 6) is 0.441. The standard InChI is InChI=1S/C14H20FNO3S/c1-14(2)9-11(14)10-16-20(17,18)8-7-19-13-5-3-12(15)4-6-13/h3-6,11,16H,7-10H2,1-2H3/t11-/m1/s1. The molecule has 0 unspecified atom stereocenters. The molecule has 0 radical (unpaired) electrons. The van der Waals surface area contributed by atoms with Gasteiger partial charge >= 0.3 is 0 Å². The fraction of sp³-hybridized carbons (Fsp3) is 0.571. The van der Waals surface area contributed by atoms with E-state index in [2.05, 4.69) is 18.6 Å². The van der Waals surface area contributed by atoms with E-state index in [0.717, 1.165) is 6.42 Å². The average molecular weight is 301 g/mol. The minimum Gasteiger partial charge on any atom is -0.492 e. The Bertz CT molecular complexity index is 554. The highest BCUT2D eigenvalue weighted by molar-refractivity contribution is 7.89. The maximum atomic E-state index is 12.7. The normalized spacial score (nSPS) is 20.6. The van der Waals surface area contributed by atoms with Crippen LogP contribution in [-0.2, 0) is 10.0 Å². The molecule has 20 heavy (non-hydrogen) atoms. The van der Waals surface area contributed by atoms with Crippen molar-refractivity contribution in [2.24, 2.45) is 11.3 Å². The van der Waals surface area contributed by atoms with Crippen LogP contribution in [0.1, 0.15) is 20.3 Å². The van der Waals surface area contributed by atoms with Crippen LogP contribution in [0.5, 0.6) is 5.75 Å². The average Bonchev–Trinajstić information content (AvgIpc) is 2.97. The second-order valence-corrected chi connectivity index (χ2v) is 7.79. The van der Waals surface area contributed by atoms with E-state index in [4.69, 9.17) is 4.74 Å². The van der Waals surface area contributed by atoms with Crippen molar-refractivity contribution in [1.29, 1.82) is 0 Å². The maximum absolute atomic E-state index is 12.7. The zero-order chi connectivity index (χ0) is 14.8. The summed E-state index contributed by atoms with van der Waals surface area (Å²) >= 11 is 0. The van der Waals surface area contributed by atoms with E-state index in [1.165, 1.54) is 24.3 Å². The number of ether oxygens (including phenoxy) is 1. The number of nitrogens with one attached hydrogen (secondary N) is 1. The summed E-state index contributed by atoms with van der Waals surface area (Å²) in [4.78, 5) is 0. The van der Waals surface area contributed by atoms with Gasteiger partial charge in [-0.1, -0.05) is 13.8 Å². The molecule has 0 heterocycles. The Balaban J connectivity index is 1.71. The van der Waals surface area contributed by atoms with E-state index in [0.29, 0.717) is 18.2 Å². The Labute approximate surface area is 119 Å². The highest BCUT2D eigenvalue weighted by Gasteiger charge is 2.45. The Morgan fingerprint density at radius 1 is 1.35 bits per heavy atom. The molecule has 6 heteroatoms. The Morgan fingerprint density at radius 2 is 1.95 bits per heavy atom. The number of sulfonamides is 1. The van der Waals surface area contributed by atoms with Crippen molar-refractivity contribution in [3.8, 4) is 5.75 Å². The van der Waals surface area contributed by atoms with Crippen molar-refractivity contribution >= 4 is 10.0 Å². The highest BCUT2D eigenvalue weighted by atomic mass is 32.2. The molecule has 1 saturated carbocycles. The molecule has 1 aromatic rings. The van der Waals surface area contributed by atoms with Gasteiger partial charge in [0.2, 0.25) is 10.0 Å². The highest BCUT2D eigenvalue weighted by Crippen LogP contribution is 2.51. The molecule has 0 saturated heterocycles. The zero-order valence-corrected chi connectivity index (χ0v) is 12.5. The summed E-state index contributed by atoms with van der Waals surface area (Å²) in [5, 5.41) is 0. The van der Waals surface area contributed by atoms with Crippen LogP contribution in [-0.4, -0.2) is 27.3 Å². The SMILES string of the molecule is CC1(C)C[C@@H]1CNS(=O)(=O)CCOc1ccc(F)cc1. The summed E-state index contributed by atoms with van der Waals surface area (Å²) in [5.41, 5.74) is 0.257. The van der Waals surface area contributed by atoms with Crippen molar-refractivity contribution in [2.75, 3.05) is 18.9 Å². The molecule has 0 bridgehead atoms. The van der Waals surface area contributed by atoms with Crippen LogP contribution in [0.4, 0.5) is 4.39 Å². The number of hydrogen-bond acceptors (Lipinski definition) is 3. The van der Waals surface area contributed by atoms with Gasteiger partial charge in [0.05, 0.1) is 5.75 Å². The van der Waals surface area contributed by atoms with Crippen LogP contribution in [0.25, 0.3) is 0 Å². The van der Waals surface area contributed by atoms with Crippen LogP contribution in [0.15, 0.2) is 24.3 Å². The first kappa shape index (κ1) is 15.3. The fourth-order valence-electron chi connectivity index (χ4n) is 2.02. The summed E-state index contributed by atoms with van der Waals surface area (Å²) in [7, 11) is -3.31. The lowest BCUT2D eigenvalue weighted by Crippen LogP contribution is -2.31. The summed E-state index contributed by atoms with van der Waals surface area (Å²) in [6.45, 7) is 4.80. The molecule has 0 amide bonds. The van der Waals surface area contributed by atoms with Crippen LogP contribution < -0.4 is 9.46 Å². The molecule has 1 aliphatic carbocycles. The first-order valence-corrected chi connectivity index (χ1v) is 8.29. The summed E-state index contributed by atoms with van der Waals surface area (Å²) in [6, 6.07) is 5.50. The second-order valence-electron chi connectivity index (χ2n) is 5.86. The van der Waals surface area contributed by atoms with Crippen molar-refractivity contribution in [3.63, 3.8) is 0 Å². The molecular formula is C14H20FNO3S. The smallest absolute Gasteiger partial charge is 0.214 e. The number of benzene rings is 1. The van der Waals surface area contributed by atoms with E-state index in [1.54, 1.807) is 0 Å². The van der Waals surface area contributed by atoms with Gasteiger partial charge in [0.25, 0.3) is 0 Å². The largest absolute Gasteiger partial charge is 0.492 e. The molecule has 1 N–H and O–H groups in total. The van der Waals surface area contributed by atoms with Crippen molar-refractivity contribution < 1.29 is 17.5 Å². The number of rotatable bonds is 7. The molecule has 0 spiro atoms. The first-order valence-electron chi connectivity index (χ1n) is 6.64. The van der Waals surface area contributed by atoms with Crippen molar-refractivity contribution in [2.45, 2.75) is 20.3 Å². The predicted octanol–water partition coefficient (Wildman–Crippen LogP) is 2.17. The monoisotopic (exact) mass is 301 g/mol. The molecule has 0 aromatic heterocycles. The van der Waals surface area contributed by atoms with E-state index < -0.39 is 10.0 Å². The number of hydrogen-bond donors (Lipinski definition) is 1. The molecule has 4 nitrogen and oxygen atoms in total. The first-order chi connectivity index (χ1) is 9.28. The van der Waals surface area contributed by atoms with Gasteiger partial charge in [0, 0.05) is 6.54 Å². The van der Waals surface area contributed by atoms with Gasteiger partial charge in [-0.25, -0.2) is 17.5 Å². The maximum Gasteiger partial charge on any atom is 0.214 e. The third-order valence-corrected chi connectivity index (χ3v) is 5.01. The molecule has 0 aliphatic heterocycles. The molecule has 2 rings (SSSR count). The molecular weight excluding hydrogens is 281 g/mol. The second kappa shape index (κ2) is 5.69. The van der Waals surface area contributed by atoms with Gasteiger partial charge < -0.3 is 4.74 Å². The van der Waals surface area contributed by atoms with Gasteiger partial charge in [-0.05, 0) is 42.0 Å². The van der Waals surface area contributed by atoms with Crippen LogP contribution in [0, 0.1) is 17.2 Å². The van der Waals surface area contributed by atoms with E-state index in [1.807, 2.05) is 0 Å². The minimum atomic E-state index is -3.31. The third kappa shape index (κ3) is 4.45. The third-order valence-electron chi connectivity index (χ3n) is 3.70. The van der Waals surface area contributed by atoms with Gasteiger partial charge in [0.1, 0.15) is 18.2 Å². The van der Waals surface area contributed by atoms with Crippen LogP contribution in [0.3, 0.4) is 0 Å². The van der Waals surface area contributed by atoms with Crippen LogP contribution >= 0.6 is 0 Å². The van der Waals surface area contributed by atoms with Crippen LogP contribution in [0.2, 0.25) is 0 Å². The lowest BCUT2D eigenvalue weighted by atomic mass is 10.1. The lowest BCUT2D eigenvalue weighted by molar-refractivity contribution is 0.339. The zero-order valence-electron chi connectivity index (χ0n) is 11.7. The molecule has 1 aromatic carbocycles. The Morgan fingerprint density at radius 3 is 2.50 bits per heavy atom. The van der Waals surface area contributed by atoms with E-state index in [9.17, 15) is 12.8 Å². The van der Waals surface area contributed by atoms with Gasteiger partial charge in [-0.3, -0.25) is 0 Å². The van der Waals surface area contributed by atoms with Gasteiger partial charge in [-0.15, -0.1) is 0 Å². The van der Waals surface area contributed by atoms with E-state index >= 15 is 0 Å². The summed E-state index contributed by atoms with van der Waals surface area (Å²) < 4.78 is 44.1. The Kier molecular flexibility index (Phi) is 4.34. The molecule has 112 valence electrons. The topological polar surface area (TPSA) is 55.4 Å². The predicted molar refractivity (Wildman–Crippen MR) is 75.6 cm³/mol. The minimum absolute atomic E-state index is 0.0506. The van der Waals surface area contributed by atoms with E-state index in [-0.39, 0.29) is 23.6 Å². The fourth-order valence-corrected chi connectivity index (χ4v) is 2.93. The van der Waals surface area contributed by atoms with Crippen molar-refractivity contribution in [3.05, 3.63) is 30.1 Å².